The molecule has 7 heteroatoms. The molecule has 0 fully saturated rings. The molecule has 0 saturated heterocycles. The van der Waals surface area contributed by atoms with Crippen molar-refractivity contribution in [2.45, 2.75) is 4.90 Å². The maximum absolute atomic E-state index is 12.7. The Morgan fingerprint density at radius 3 is 2.64 bits per heavy atom. The largest absolute Gasteiger partial charge is 0.397 e. The Labute approximate surface area is 95.0 Å². The molecule has 0 heterocycles. The molecule has 0 bridgehead atoms. The van der Waals surface area contributed by atoms with Gasteiger partial charge in [0.2, 0.25) is 5.97 Å². The van der Waals surface area contributed by atoms with Crippen molar-refractivity contribution in [1.82, 2.24) is 0 Å². The summed E-state index contributed by atoms with van der Waals surface area (Å²) in [5.41, 5.74) is 5.28. The number of hydrogen-bond donors (Lipinski definition) is 2. The highest BCUT2D eigenvalue weighted by molar-refractivity contribution is 9.10. The summed E-state index contributed by atoms with van der Waals surface area (Å²) in [6.45, 7) is 0. The van der Waals surface area contributed by atoms with Gasteiger partial charge in [0.25, 0.3) is 0 Å². The van der Waals surface area contributed by atoms with Crippen LogP contribution >= 0.6 is 26.6 Å². The highest BCUT2D eigenvalue weighted by atomic mass is 79.9. The molecule has 14 heavy (non-hydrogen) atoms. The molecule has 0 radical (unpaired) electrons. The van der Waals surface area contributed by atoms with Crippen LogP contribution in [0.2, 0.25) is 0 Å². The average Bonchev–Trinajstić information content (AvgIpc) is 2.07. The van der Waals surface area contributed by atoms with Crippen molar-refractivity contribution in [3.63, 3.8) is 0 Å². The molecule has 76 valence electrons. The van der Waals surface area contributed by atoms with Crippen molar-refractivity contribution in [1.29, 1.82) is 5.41 Å². The van der Waals surface area contributed by atoms with E-state index in [1.807, 2.05) is 0 Å². The minimum Gasteiger partial charge on any atom is -0.397 e. The van der Waals surface area contributed by atoms with Crippen LogP contribution < -0.4 is 5.73 Å². The Kier molecular flexibility index (Phi) is 3.63. The summed E-state index contributed by atoms with van der Waals surface area (Å²) in [5.74, 6) is -1.19. The van der Waals surface area contributed by atoms with Gasteiger partial charge < -0.3 is 5.73 Å². The van der Waals surface area contributed by atoms with Crippen molar-refractivity contribution in [3.05, 3.63) is 22.2 Å². The van der Waals surface area contributed by atoms with E-state index in [1.165, 1.54) is 12.1 Å². The first-order valence-corrected chi connectivity index (χ1v) is 6.12. The van der Waals surface area contributed by atoms with Gasteiger partial charge in [0.05, 0.1) is 16.1 Å². The number of nitrogens with one attached hydrogen (secondary N) is 1. The van der Waals surface area contributed by atoms with Crippen LogP contribution in [0.5, 0.6) is 0 Å². The van der Waals surface area contributed by atoms with Crippen LogP contribution in [0.4, 0.5) is 10.1 Å². The van der Waals surface area contributed by atoms with E-state index in [0.717, 1.165) is 0 Å². The quantitative estimate of drug-likeness (QED) is 0.501. The molecular formula is C7H5BrClFN2OS. The van der Waals surface area contributed by atoms with E-state index in [-0.39, 0.29) is 16.1 Å². The van der Waals surface area contributed by atoms with Crippen molar-refractivity contribution in [2.24, 2.45) is 0 Å². The van der Waals surface area contributed by atoms with Gasteiger partial charge in [-0.1, -0.05) is 15.9 Å². The molecule has 1 atom stereocenters. The molecule has 0 spiro atoms. The standard InChI is InChI=1S/C7H5BrClFN2OS/c8-3-1-4(7(10)12)6(11)5(2-3)14(9)13/h1-2,12H,11H2. The van der Waals surface area contributed by atoms with Gasteiger partial charge in [-0.2, -0.15) is 4.39 Å². The lowest BCUT2D eigenvalue weighted by Gasteiger charge is -2.06. The molecule has 3 nitrogen and oxygen atoms in total. The third-order valence-corrected chi connectivity index (χ3v) is 3.16. The maximum atomic E-state index is 12.7. The predicted octanol–water partition coefficient (Wildman–Crippen LogP) is 2.59. The van der Waals surface area contributed by atoms with Crippen molar-refractivity contribution < 1.29 is 8.60 Å². The molecule has 3 N–H and O–H groups in total. The Morgan fingerprint density at radius 2 is 2.21 bits per heavy atom. The Morgan fingerprint density at radius 1 is 1.64 bits per heavy atom. The topological polar surface area (TPSA) is 66.9 Å². The first-order valence-electron chi connectivity index (χ1n) is 3.35. The molecule has 0 amide bonds. The lowest BCUT2D eigenvalue weighted by molar-refractivity contribution is 0.691. The highest BCUT2D eigenvalue weighted by Crippen LogP contribution is 2.28. The molecule has 0 aliphatic carbocycles. The highest BCUT2D eigenvalue weighted by Gasteiger charge is 2.14. The summed E-state index contributed by atoms with van der Waals surface area (Å²) in [6.07, 6.45) is 0. The molecular weight excluding hydrogens is 295 g/mol. The van der Waals surface area contributed by atoms with E-state index >= 15 is 0 Å². The minimum absolute atomic E-state index is 0.0750. The lowest BCUT2D eigenvalue weighted by atomic mass is 10.2. The van der Waals surface area contributed by atoms with Crippen LogP contribution in [0, 0.1) is 5.41 Å². The fourth-order valence-corrected chi connectivity index (χ4v) is 2.40. The fourth-order valence-electron chi connectivity index (χ4n) is 0.907. The van der Waals surface area contributed by atoms with E-state index in [4.69, 9.17) is 21.8 Å². The monoisotopic (exact) mass is 298 g/mol. The molecule has 0 aliphatic heterocycles. The van der Waals surface area contributed by atoms with E-state index in [1.54, 1.807) is 0 Å². The zero-order valence-electron chi connectivity index (χ0n) is 6.68. The lowest BCUT2D eigenvalue weighted by Crippen LogP contribution is -2.02. The summed E-state index contributed by atoms with van der Waals surface area (Å²) < 4.78 is 24.1. The van der Waals surface area contributed by atoms with Gasteiger partial charge in [-0.25, -0.2) is 4.21 Å². The number of nitrogens with two attached hydrogens (primary N) is 1. The summed E-state index contributed by atoms with van der Waals surface area (Å²) in [5, 5.41) is 6.80. The van der Waals surface area contributed by atoms with Crippen LogP contribution in [0.1, 0.15) is 5.56 Å². The summed E-state index contributed by atoms with van der Waals surface area (Å²) in [7, 11) is 3.51. The number of hydrogen-bond acceptors (Lipinski definition) is 3. The number of benzene rings is 1. The van der Waals surface area contributed by atoms with E-state index in [0.29, 0.717) is 4.47 Å². The zero-order valence-corrected chi connectivity index (χ0v) is 9.84. The van der Waals surface area contributed by atoms with Crippen LogP contribution in [0.25, 0.3) is 0 Å². The average molecular weight is 300 g/mol. The molecule has 1 rings (SSSR count). The Balaban J connectivity index is 3.47. The third-order valence-electron chi connectivity index (χ3n) is 1.52. The van der Waals surface area contributed by atoms with Gasteiger partial charge >= 0.3 is 0 Å². The van der Waals surface area contributed by atoms with Gasteiger partial charge in [-0.05, 0) is 22.8 Å². The van der Waals surface area contributed by atoms with Gasteiger partial charge in [0.1, 0.15) is 10.0 Å². The molecule has 0 aliphatic rings. The summed E-state index contributed by atoms with van der Waals surface area (Å²) >= 11 is 3.07. The fraction of sp³-hybridized carbons (Fsp3) is 0. The maximum Gasteiger partial charge on any atom is 0.214 e. The van der Waals surface area contributed by atoms with Gasteiger partial charge in [0.15, 0.2) is 0 Å². The van der Waals surface area contributed by atoms with Crippen molar-refractivity contribution in [2.75, 3.05) is 5.73 Å². The second-order valence-corrected chi connectivity index (χ2v) is 5.05. The smallest absolute Gasteiger partial charge is 0.214 e. The van der Waals surface area contributed by atoms with Crippen LogP contribution in [-0.2, 0) is 10.0 Å². The summed E-state index contributed by atoms with van der Waals surface area (Å²) in [4.78, 5) is 0.0958. The Hall–Kier alpha value is -0.460. The number of halogens is 3. The predicted molar refractivity (Wildman–Crippen MR) is 58.8 cm³/mol. The van der Waals surface area contributed by atoms with Crippen molar-refractivity contribution in [3.8, 4) is 0 Å². The molecule has 1 aromatic carbocycles. The third kappa shape index (κ3) is 2.31. The van der Waals surface area contributed by atoms with Crippen molar-refractivity contribution >= 4 is 48.3 Å². The molecule has 0 saturated carbocycles. The number of nitrogen functional groups attached to an aromatic ring is 1. The molecule has 0 aromatic heterocycles. The first-order chi connectivity index (χ1) is 6.43. The van der Waals surface area contributed by atoms with E-state index in [9.17, 15) is 8.60 Å². The van der Waals surface area contributed by atoms with Gasteiger partial charge in [0, 0.05) is 4.47 Å². The SMILES string of the molecule is N=C(F)c1cc(Br)cc(S(=O)Cl)c1N. The second-order valence-electron chi connectivity index (χ2n) is 2.40. The number of rotatable bonds is 2. The molecule has 1 unspecified atom stereocenters. The zero-order chi connectivity index (χ0) is 10.9. The first kappa shape index (κ1) is 11.6. The van der Waals surface area contributed by atoms with E-state index in [2.05, 4.69) is 15.9 Å². The number of anilines is 1. The normalized spacial score (nSPS) is 12.5. The van der Waals surface area contributed by atoms with Crippen LogP contribution in [0.15, 0.2) is 21.5 Å². The van der Waals surface area contributed by atoms with Gasteiger partial charge in [-0.3, -0.25) is 5.41 Å². The second kappa shape index (κ2) is 4.37. The Bertz CT molecular complexity index is 391. The molecule has 1 aromatic rings. The van der Waals surface area contributed by atoms with E-state index < -0.39 is 16.0 Å². The van der Waals surface area contributed by atoms with Gasteiger partial charge in [-0.15, -0.1) is 0 Å². The van der Waals surface area contributed by atoms with Crippen LogP contribution in [0.3, 0.4) is 0 Å². The summed E-state index contributed by atoms with van der Waals surface area (Å²) in [6, 6.07) is 2.75. The van der Waals surface area contributed by atoms with Crippen LogP contribution in [-0.4, -0.2) is 10.2 Å². The minimum atomic E-state index is -1.82.